The molecule has 0 amide bonds. The minimum atomic E-state index is 0. The van der Waals surface area contributed by atoms with Crippen LogP contribution in [0.1, 0.15) is 24.0 Å². The van der Waals surface area contributed by atoms with Crippen molar-refractivity contribution in [3.63, 3.8) is 0 Å². The van der Waals surface area contributed by atoms with Crippen LogP contribution >= 0.6 is 24.0 Å². The maximum absolute atomic E-state index is 5.73. The lowest BCUT2D eigenvalue weighted by Gasteiger charge is -2.23. The van der Waals surface area contributed by atoms with E-state index in [1.807, 2.05) is 43.4 Å². The van der Waals surface area contributed by atoms with E-state index >= 15 is 0 Å². The number of hydrogen-bond acceptors (Lipinski definition) is 4. The third kappa shape index (κ3) is 8.79. The van der Waals surface area contributed by atoms with Gasteiger partial charge < -0.3 is 24.4 Å². The van der Waals surface area contributed by atoms with Crippen molar-refractivity contribution >= 4 is 29.9 Å². The molecule has 0 fully saturated rings. The van der Waals surface area contributed by atoms with Crippen LogP contribution < -0.4 is 14.8 Å². The molecule has 0 bridgehead atoms. The van der Waals surface area contributed by atoms with Crippen molar-refractivity contribution in [2.24, 2.45) is 4.99 Å². The fraction of sp³-hybridized carbons (Fsp3) is 0.435. The standard InChI is InChI=1S/C23H33N3O3.HI/c1-24-23(25-14-8-9-15-29-18-19-10-6-5-7-11-19)26(2)17-20-12-13-21(27-3)16-22(20)28-4;/h5-7,10-13,16H,8-9,14-15,17-18H2,1-4H3,(H,24,25);1H. The monoisotopic (exact) mass is 527 g/mol. The summed E-state index contributed by atoms with van der Waals surface area (Å²) in [7, 11) is 7.14. The lowest BCUT2D eigenvalue weighted by Crippen LogP contribution is -2.39. The molecule has 0 saturated carbocycles. The van der Waals surface area contributed by atoms with Gasteiger partial charge in [-0.3, -0.25) is 4.99 Å². The summed E-state index contributed by atoms with van der Waals surface area (Å²) in [5.74, 6) is 2.44. The van der Waals surface area contributed by atoms with Crippen LogP contribution in [-0.2, 0) is 17.9 Å². The molecular formula is C23H34IN3O3. The zero-order valence-electron chi connectivity index (χ0n) is 18.4. The van der Waals surface area contributed by atoms with E-state index < -0.39 is 0 Å². The van der Waals surface area contributed by atoms with E-state index in [9.17, 15) is 0 Å². The van der Waals surface area contributed by atoms with Crippen LogP contribution in [0.5, 0.6) is 11.5 Å². The van der Waals surface area contributed by atoms with Gasteiger partial charge in [-0.15, -0.1) is 24.0 Å². The Bertz CT molecular complexity index is 757. The number of guanidine groups is 1. The predicted octanol–water partition coefficient (Wildman–Crippen LogP) is 4.33. The number of hydrogen-bond donors (Lipinski definition) is 1. The second-order valence-corrected chi connectivity index (χ2v) is 6.75. The first-order valence-corrected chi connectivity index (χ1v) is 9.92. The van der Waals surface area contributed by atoms with Gasteiger partial charge >= 0.3 is 0 Å². The molecule has 2 aromatic carbocycles. The van der Waals surface area contributed by atoms with Crippen molar-refractivity contribution in [2.75, 3.05) is 41.5 Å². The van der Waals surface area contributed by atoms with Gasteiger partial charge in [-0.05, 0) is 30.5 Å². The smallest absolute Gasteiger partial charge is 0.193 e. The van der Waals surface area contributed by atoms with Crippen LogP contribution in [0.15, 0.2) is 53.5 Å². The average Bonchev–Trinajstić information content (AvgIpc) is 2.76. The summed E-state index contributed by atoms with van der Waals surface area (Å²) in [5, 5.41) is 3.41. The van der Waals surface area contributed by atoms with Crippen LogP contribution in [0.25, 0.3) is 0 Å². The van der Waals surface area contributed by atoms with Gasteiger partial charge in [-0.1, -0.05) is 30.3 Å². The van der Waals surface area contributed by atoms with Gasteiger partial charge in [-0.25, -0.2) is 0 Å². The molecule has 6 nitrogen and oxygen atoms in total. The van der Waals surface area contributed by atoms with Crippen molar-refractivity contribution in [2.45, 2.75) is 26.0 Å². The minimum Gasteiger partial charge on any atom is -0.497 e. The molecule has 0 saturated heterocycles. The molecule has 0 atom stereocenters. The molecule has 0 spiro atoms. The number of nitrogens with zero attached hydrogens (tertiary/aromatic N) is 2. The van der Waals surface area contributed by atoms with Crippen LogP contribution in [0, 0.1) is 0 Å². The van der Waals surface area contributed by atoms with Crippen molar-refractivity contribution in [3.05, 3.63) is 59.7 Å². The summed E-state index contributed by atoms with van der Waals surface area (Å²) >= 11 is 0. The van der Waals surface area contributed by atoms with E-state index in [0.717, 1.165) is 49.0 Å². The van der Waals surface area contributed by atoms with Crippen LogP contribution in [-0.4, -0.2) is 52.3 Å². The number of unbranched alkanes of at least 4 members (excludes halogenated alkanes) is 1. The molecule has 1 N–H and O–H groups in total. The molecule has 2 aromatic rings. The number of benzene rings is 2. The number of nitrogens with one attached hydrogen (secondary N) is 1. The molecule has 0 aliphatic carbocycles. The highest BCUT2D eigenvalue weighted by Crippen LogP contribution is 2.25. The Morgan fingerprint density at radius 1 is 1.03 bits per heavy atom. The van der Waals surface area contributed by atoms with E-state index in [1.165, 1.54) is 5.56 Å². The fourth-order valence-electron chi connectivity index (χ4n) is 2.99. The Kier molecular flexibility index (Phi) is 12.9. The summed E-state index contributed by atoms with van der Waals surface area (Å²) in [6.45, 7) is 2.97. The van der Waals surface area contributed by atoms with Crippen molar-refractivity contribution in [3.8, 4) is 11.5 Å². The molecule has 7 heteroatoms. The van der Waals surface area contributed by atoms with Gasteiger partial charge in [0.15, 0.2) is 5.96 Å². The SMILES string of the molecule is CN=C(NCCCCOCc1ccccc1)N(C)Cc1ccc(OC)cc1OC.I. The largest absolute Gasteiger partial charge is 0.497 e. The zero-order valence-corrected chi connectivity index (χ0v) is 20.7. The Morgan fingerprint density at radius 2 is 1.80 bits per heavy atom. The van der Waals surface area contributed by atoms with Gasteiger partial charge in [0.1, 0.15) is 11.5 Å². The first kappa shape index (κ1) is 26.0. The van der Waals surface area contributed by atoms with Gasteiger partial charge in [0, 0.05) is 45.4 Å². The Morgan fingerprint density at radius 3 is 2.47 bits per heavy atom. The summed E-state index contributed by atoms with van der Waals surface area (Å²) in [6.07, 6.45) is 2.03. The number of halogens is 1. The Balaban J connectivity index is 0.00000450. The highest BCUT2D eigenvalue weighted by atomic mass is 127. The summed E-state index contributed by atoms with van der Waals surface area (Å²) in [4.78, 5) is 6.46. The fourth-order valence-corrected chi connectivity index (χ4v) is 2.99. The molecule has 0 unspecified atom stereocenters. The predicted molar refractivity (Wildman–Crippen MR) is 133 cm³/mol. The van der Waals surface area contributed by atoms with Crippen molar-refractivity contribution in [1.29, 1.82) is 0 Å². The van der Waals surface area contributed by atoms with Crippen LogP contribution in [0.2, 0.25) is 0 Å². The van der Waals surface area contributed by atoms with Gasteiger partial charge in [-0.2, -0.15) is 0 Å². The third-order valence-electron chi connectivity index (χ3n) is 4.59. The van der Waals surface area contributed by atoms with Crippen molar-refractivity contribution < 1.29 is 14.2 Å². The highest BCUT2D eigenvalue weighted by molar-refractivity contribution is 14.0. The van der Waals surface area contributed by atoms with E-state index in [0.29, 0.717) is 13.2 Å². The maximum Gasteiger partial charge on any atom is 0.193 e. The molecule has 30 heavy (non-hydrogen) atoms. The van der Waals surface area contributed by atoms with Gasteiger partial charge in [0.25, 0.3) is 0 Å². The van der Waals surface area contributed by atoms with Gasteiger partial charge in [0.2, 0.25) is 0 Å². The van der Waals surface area contributed by atoms with Crippen LogP contribution in [0.4, 0.5) is 0 Å². The van der Waals surface area contributed by atoms with Crippen molar-refractivity contribution in [1.82, 2.24) is 10.2 Å². The molecule has 2 rings (SSSR count). The summed E-state index contributed by atoms with van der Waals surface area (Å²) in [5.41, 5.74) is 2.29. The van der Waals surface area contributed by atoms with E-state index in [-0.39, 0.29) is 24.0 Å². The molecular weight excluding hydrogens is 493 g/mol. The number of methoxy groups -OCH3 is 2. The molecule has 0 aromatic heterocycles. The number of ether oxygens (including phenoxy) is 3. The highest BCUT2D eigenvalue weighted by Gasteiger charge is 2.11. The normalized spacial score (nSPS) is 10.9. The quantitative estimate of drug-likeness (QED) is 0.204. The average molecular weight is 527 g/mol. The zero-order chi connectivity index (χ0) is 20.9. The summed E-state index contributed by atoms with van der Waals surface area (Å²) in [6, 6.07) is 16.1. The third-order valence-corrected chi connectivity index (χ3v) is 4.59. The lowest BCUT2D eigenvalue weighted by atomic mass is 10.2. The Labute approximate surface area is 197 Å². The van der Waals surface area contributed by atoms with Gasteiger partial charge in [0.05, 0.1) is 20.8 Å². The Hall–Kier alpha value is -2.00. The van der Waals surface area contributed by atoms with E-state index in [2.05, 4.69) is 27.3 Å². The molecule has 0 aliphatic rings. The lowest BCUT2D eigenvalue weighted by molar-refractivity contribution is 0.117. The second kappa shape index (κ2) is 14.9. The molecule has 0 aliphatic heterocycles. The second-order valence-electron chi connectivity index (χ2n) is 6.75. The number of aliphatic imine (C=N–C) groups is 1. The first-order chi connectivity index (χ1) is 14.2. The van der Waals surface area contributed by atoms with E-state index in [4.69, 9.17) is 14.2 Å². The molecule has 0 heterocycles. The number of rotatable bonds is 11. The summed E-state index contributed by atoms with van der Waals surface area (Å²) < 4.78 is 16.5. The van der Waals surface area contributed by atoms with Crippen LogP contribution in [0.3, 0.4) is 0 Å². The minimum absolute atomic E-state index is 0. The molecule has 166 valence electrons. The molecule has 0 radical (unpaired) electrons. The van der Waals surface area contributed by atoms with E-state index in [1.54, 1.807) is 21.3 Å². The topological polar surface area (TPSA) is 55.3 Å². The maximum atomic E-state index is 5.73. The first-order valence-electron chi connectivity index (χ1n) is 9.92.